The van der Waals surface area contributed by atoms with Crippen molar-refractivity contribution in [1.29, 1.82) is 0 Å². The number of rotatable bonds is 4. The molecule has 11 aromatic rings. The number of thiophene rings is 2. The van der Waals surface area contributed by atoms with E-state index >= 15 is 0 Å². The molecule has 4 aromatic heterocycles. The lowest BCUT2D eigenvalue weighted by atomic mass is 9.64. The second-order valence-corrected chi connectivity index (χ2v) is 18.0. The van der Waals surface area contributed by atoms with E-state index in [1.54, 1.807) is 0 Å². The van der Waals surface area contributed by atoms with Crippen LogP contribution < -0.4 is 76.5 Å². The van der Waals surface area contributed by atoms with Crippen molar-refractivity contribution in [3.05, 3.63) is 73.1 Å². The molecule has 0 aliphatic carbocycles. The van der Waals surface area contributed by atoms with Gasteiger partial charge in [-0.25, -0.2) is 9.97 Å². The van der Waals surface area contributed by atoms with Crippen molar-refractivity contribution in [2.45, 2.75) is 0 Å². The van der Waals surface area contributed by atoms with Crippen molar-refractivity contribution in [2.24, 2.45) is 0 Å². The quantitative estimate of drug-likeness (QED) is 0.177. The summed E-state index contributed by atoms with van der Waals surface area (Å²) >= 11 is 2.74. The first-order chi connectivity index (χ1) is 31.1. The molecule has 266 valence electrons. The minimum absolute atomic E-state index is 0.172. The maximum absolute atomic E-state index is 6.77. The molecule has 0 spiro atoms. The molecule has 19 heteroatoms. The largest absolute Gasteiger partial charge is 0.452 e. The van der Waals surface area contributed by atoms with E-state index in [1.807, 2.05) is 66.7 Å². The van der Waals surface area contributed by atoms with Crippen molar-refractivity contribution in [3.63, 3.8) is 0 Å². The summed E-state index contributed by atoms with van der Waals surface area (Å²) in [5, 5.41) is 3.14. The van der Waals surface area contributed by atoms with Crippen LogP contribution in [0.3, 0.4) is 0 Å². The molecule has 0 atom stereocenters. The lowest BCUT2D eigenvalue weighted by Gasteiger charge is -2.18. The second-order valence-electron chi connectivity index (χ2n) is 15.9. The number of fused-ring (bicyclic) bond motifs is 9. The summed E-state index contributed by atoms with van der Waals surface area (Å²) in [5.74, 6) is 0. The molecule has 0 aliphatic rings. The molecular weight excluding hydrogens is 812 g/mol. The van der Waals surface area contributed by atoms with E-state index in [1.165, 1.54) is 29.0 Å². The van der Waals surface area contributed by atoms with Gasteiger partial charge in [-0.05, 0) is 79.2 Å². The van der Waals surface area contributed by atoms with E-state index in [0.717, 1.165) is 42.6 Å². The van der Waals surface area contributed by atoms with Crippen LogP contribution in [0.25, 0.3) is 107 Å². The highest BCUT2D eigenvalue weighted by Gasteiger charge is 2.24. The van der Waals surface area contributed by atoms with Crippen LogP contribution in [0.2, 0.25) is 0 Å². The molecule has 0 saturated carbocycles. The van der Waals surface area contributed by atoms with Crippen molar-refractivity contribution in [3.8, 4) is 44.6 Å². The van der Waals surface area contributed by atoms with Crippen LogP contribution in [-0.4, -0.2) is 120 Å². The first-order valence-corrected chi connectivity index (χ1v) is 21.5. The van der Waals surface area contributed by atoms with Crippen molar-refractivity contribution < 1.29 is 4.42 Å². The minimum atomic E-state index is 0.172. The lowest BCUT2D eigenvalue weighted by molar-refractivity contribution is 0.667. The average Bonchev–Trinajstić information content (AvgIpc) is 4.03. The van der Waals surface area contributed by atoms with Crippen LogP contribution in [0.5, 0.6) is 0 Å². The third-order valence-electron chi connectivity index (χ3n) is 12.4. The molecule has 0 amide bonds. The Bertz CT molecular complexity index is 3970. The lowest BCUT2D eigenvalue weighted by Crippen LogP contribution is -2.47. The molecule has 0 unspecified atom stereocenters. The highest BCUT2D eigenvalue weighted by molar-refractivity contribution is 7.29. The van der Waals surface area contributed by atoms with Gasteiger partial charge in [-0.2, -0.15) is 0 Å². The van der Waals surface area contributed by atoms with Crippen LogP contribution in [-0.2, 0) is 0 Å². The van der Waals surface area contributed by atoms with E-state index in [2.05, 4.69) is 0 Å². The summed E-state index contributed by atoms with van der Waals surface area (Å²) in [5.41, 5.74) is 11.2. The monoisotopic (exact) mass is 826 g/mol. The number of hydrogen-bond donors (Lipinski definition) is 0. The number of hydrogen-bond acceptors (Lipinski definition) is 5. The fourth-order valence-corrected chi connectivity index (χ4v) is 11.8. The molecule has 0 bridgehead atoms. The maximum Gasteiger partial charge on any atom is 0.180 e. The van der Waals surface area contributed by atoms with Gasteiger partial charge in [-0.1, -0.05) is 86.2 Å². The van der Waals surface area contributed by atoms with Gasteiger partial charge in [0.15, 0.2) is 5.58 Å². The molecule has 11 rings (SSSR count). The van der Waals surface area contributed by atoms with Crippen LogP contribution in [0.4, 0.5) is 0 Å². The highest BCUT2D eigenvalue weighted by Crippen LogP contribution is 2.41. The van der Waals surface area contributed by atoms with Gasteiger partial charge >= 0.3 is 0 Å². The first kappa shape index (κ1) is 42.4. The first-order valence-electron chi connectivity index (χ1n) is 19.9. The van der Waals surface area contributed by atoms with E-state index in [9.17, 15) is 0 Å². The minimum Gasteiger partial charge on any atom is -0.452 e. The summed E-state index contributed by atoms with van der Waals surface area (Å²) in [6.45, 7) is 0. The van der Waals surface area contributed by atoms with Crippen LogP contribution >= 0.6 is 22.7 Å². The molecule has 4 heterocycles. The number of nitrogens with zero attached hydrogens (tertiary/aromatic N) is 2. The van der Waals surface area contributed by atoms with Crippen LogP contribution in [0, 0.1) is 0 Å². The zero-order valence-electron chi connectivity index (χ0n) is 34.1. The zero-order valence-corrected chi connectivity index (χ0v) is 35.8. The van der Waals surface area contributed by atoms with Crippen molar-refractivity contribution in [2.75, 3.05) is 0 Å². The smallest absolute Gasteiger partial charge is 0.180 e. The normalized spacial score (nSPS) is 11.9. The van der Waals surface area contributed by atoms with Gasteiger partial charge in [0.1, 0.15) is 133 Å². The summed E-state index contributed by atoms with van der Waals surface area (Å²) in [6.07, 6.45) is 1.51. The van der Waals surface area contributed by atoms with Gasteiger partial charge < -0.3 is 4.42 Å². The summed E-state index contributed by atoms with van der Waals surface area (Å²) in [6, 6.07) is 21.6. The van der Waals surface area contributed by atoms with Gasteiger partial charge in [0.05, 0.1) is 0 Å². The SMILES string of the molecule is [B]c1c([B])c([B])c2c(sc3c(-c4cccc(-c5ccc6oc7c(-c8cccc(-c9c([B])c([B])c([B])c%10c9sc9c([B])c([B])c([B])c([B])c9%10)c8)ncnc7c6c5)c4)c([B])c([B])c([B])c32)c1[B]. The Labute approximate surface area is 400 Å². The third-order valence-corrected chi connectivity index (χ3v) is 14.9. The van der Waals surface area contributed by atoms with Crippen molar-refractivity contribution >= 4 is 271 Å². The molecule has 0 N–H and O–H groups in total. The van der Waals surface area contributed by atoms with E-state index in [-0.39, 0.29) is 54.6 Å². The maximum atomic E-state index is 6.77. The summed E-state index contributed by atoms with van der Waals surface area (Å²) in [7, 11) is 91.0. The third kappa shape index (κ3) is 5.99. The molecule has 0 fully saturated rings. The predicted molar refractivity (Wildman–Crippen MR) is 292 cm³/mol. The Kier molecular flexibility index (Phi) is 9.89. The fraction of sp³-hybridized carbons (Fsp3) is 0. The van der Waals surface area contributed by atoms with E-state index < -0.39 is 0 Å². The van der Waals surface area contributed by atoms with Gasteiger partial charge in [0.2, 0.25) is 0 Å². The van der Waals surface area contributed by atoms with Gasteiger partial charge in [0, 0.05) is 29.7 Å². The number of benzene rings is 7. The summed E-state index contributed by atoms with van der Waals surface area (Å²) < 4.78 is 9.26. The van der Waals surface area contributed by atoms with E-state index in [0.29, 0.717) is 86.3 Å². The molecule has 7 aromatic carbocycles. The molecule has 28 radical (unpaired) electrons. The van der Waals surface area contributed by atoms with Gasteiger partial charge in [-0.3, -0.25) is 0 Å². The molecular formula is C46H12B14N2OS2. The Hall–Kier alpha value is -5.23. The highest BCUT2D eigenvalue weighted by atomic mass is 32.1. The molecule has 65 heavy (non-hydrogen) atoms. The van der Waals surface area contributed by atoms with Crippen LogP contribution in [0.15, 0.2) is 77.5 Å². The zero-order chi connectivity index (χ0) is 45.7. The molecule has 3 nitrogen and oxygen atoms in total. The fourth-order valence-electron chi connectivity index (χ4n) is 9.00. The van der Waals surface area contributed by atoms with Crippen LogP contribution in [0.1, 0.15) is 0 Å². The van der Waals surface area contributed by atoms with Crippen molar-refractivity contribution in [1.82, 2.24) is 9.97 Å². The second kappa shape index (κ2) is 15.2. The van der Waals surface area contributed by atoms with Gasteiger partial charge in [0.25, 0.3) is 0 Å². The number of furan rings is 1. The molecule has 0 saturated heterocycles. The predicted octanol–water partition coefficient (Wildman–Crippen LogP) is -3.11. The Morgan fingerprint density at radius 3 is 1.31 bits per heavy atom. The molecule has 0 aliphatic heterocycles. The number of aromatic nitrogens is 2. The van der Waals surface area contributed by atoms with Gasteiger partial charge in [-0.15, -0.1) is 55.5 Å². The Morgan fingerprint density at radius 2 is 0.785 bits per heavy atom. The Balaban J connectivity index is 1.04. The standard InChI is InChI=1S/C46H12B14N2OS2/c47-26-20(43-22(28(49)32(26)53)24-30(51)34(55)36(57)38(59)45(24)64-43)15-4-1-3-13(9-15)14-7-8-19-18(11-14)41-42(63-19)40(61-12-62-41)17-6-2-5-16(10-17)21-27(48)33(54)29(50)23-25-31(52)35(56)37(58)39(60)46(25)65-44(21)23/h1-12H. The Morgan fingerprint density at radius 1 is 0.369 bits per heavy atom. The summed E-state index contributed by atoms with van der Waals surface area (Å²) in [4.78, 5) is 9.41. The average molecular weight is 824 g/mol. The van der Waals surface area contributed by atoms with E-state index in [4.69, 9.17) is 124 Å². The topological polar surface area (TPSA) is 38.9 Å².